The summed E-state index contributed by atoms with van der Waals surface area (Å²) in [6.45, 7) is 3.39. The summed E-state index contributed by atoms with van der Waals surface area (Å²) in [5.74, 6) is 0.693. The molecule has 0 spiro atoms. The van der Waals surface area contributed by atoms with E-state index in [9.17, 15) is 4.79 Å². The number of rotatable bonds is 5. The molecular formula is C20H22N4O3. The normalized spacial score (nSPS) is 19.3. The molecule has 1 atom stereocenters. The van der Waals surface area contributed by atoms with Gasteiger partial charge in [-0.2, -0.15) is 0 Å². The van der Waals surface area contributed by atoms with Crippen LogP contribution >= 0.6 is 0 Å². The first kappa shape index (κ1) is 17.5. The summed E-state index contributed by atoms with van der Waals surface area (Å²) < 4.78 is 5.40. The first-order valence-electron chi connectivity index (χ1n) is 9.13. The molecule has 27 heavy (non-hydrogen) atoms. The molecule has 2 aliphatic heterocycles. The predicted octanol–water partition coefficient (Wildman–Crippen LogP) is 2.05. The Kier molecular flexibility index (Phi) is 5.29. The zero-order chi connectivity index (χ0) is 18.5. The summed E-state index contributed by atoms with van der Waals surface area (Å²) in [7, 11) is 0. The molecule has 0 aliphatic carbocycles. The second-order valence-corrected chi connectivity index (χ2v) is 6.52. The average molecular weight is 366 g/mol. The quantitative estimate of drug-likeness (QED) is 0.877. The van der Waals surface area contributed by atoms with E-state index in [1.807, 2.05) is 42.5 Å². The Morgan fingerprint density at radius 3 is 2.78 bits per heavy atom. The minimum absolute atomic E-state index is 0.200. The Bertz CT molecular complexity index is 819. The lowest BCUT2D eigenvalue weighted by Gasteiger charge is -2.29. The van der Waals surface area contributed by atoms with E-state index in [2.05, 4.69) is 20.4 Å². The van der Waals surface area contributed by atoms with Crippen LogP contribution in [0.5, 0.6) is 0 Å². The number of carbonyl (C=O) groups is 1. The maximum atomic E-state index is 12.5. The zero-order valence-corrected chi connectivity index (χ0v) is 15.0. The molecule has 2 aliphatic rings. The lowest BCUT2D eigenvalue weighted by Crippen LogP contribution is -2.38. The van der Waals surface area contributed by atoms with Crippen molar-refractivity contribution in [2.45, 2.75) is 19.1 Å². The monoisotopic (exact) mass is 366 g/mol. The number of anilines is 1. The number of carbonyl (C=O) groups excluding carboxylic acids is 1. The van der Waals surface area contributed by atoms with E-state index in [4.69, 9.17) is 9.57 Å². The topological polar surface area (TPSA) is 76.1 Å². The molecule has 1 aromatic heterocycles. The van der Waals surface area contributed by atoms with Gasteiger partial charge in [-0.25, -0.2) is 4.98 Å². The van der Waals surface area contributed by atoms with Crippen molar-refractivity contribution in [1.82, 2.24) is 10.3 Å². The predicted molar refractivity (Wildman–Crippen MR) is 101 cm³/mol. The van der Waals surface area contributed by atoms with Crippen molar-refractivity contribution in [3.05, 3.63) is 59.8 Å². The van der Waals surface area contributed by atoms with Crippen LogP contribution in [0.4, 0.5) is 5.82 Å². The Morgan fingerprint density at radius 1 is 1.15 bits per heavy atom. The second-order valence-electron chi connectivity index (χ2n) is 6.52. The van der Waals surface area contributed by atoms with Gasteiger partial charge < -0.3 is 19.8 Å². The third kappa shape index (κ3) is 4.09. The van der Waals surface area contributed by atoms with Crippen molar-refractivity contribution >= 4 is 17.4 Å². The molecule has 7 nitrogen and oxygen atoms in total. The number of hydrogen-bond acceptors (Lipinski definition) is 6. The Balaban J connectivity index is 1.36. The molecule has 0 radical (unpaired) electrons. The summed E-state index contributed by atoms with van der Waals surface area (Å²) in [6.07, 6.45) is 2.04. The van der Waals surface area contributed by atoms with Gasteiger partial charge in [0.25, 0.3) is 5.91 Å². The van der Waals surface area contributed by atoms with Crippen LogP contribution in [0, 0.1) is 0 Å². The molecule has 1 N–H and O–H groups in total. The maximum Gasteiger partial charge on any atom is 0.269 e. The van der Waals surface area contributed by atoms with Gasteiger partial charge in [0.05, 0.1) is 13.2 Å². The lowest BCUT2D eigenvalue weighted by molar-refractivity contribution is -0.115. The molecule has 1 fully saturated rings. The number of pyridine rings is 1. The standard InChI is InChI=1S/C20H22N4O3/c25-20(17-13-18(27-23-17)15-5-2-1-3-6-15)22-14-16-7-4-8-21-19(16)24-9-11-26-12-10-24/h1-8,18H,9-14H2,(H,22,25). The first-order chi connectivity index (χ1) is 13.3. The van der Waals surface area contributed by atoms with Gasteiger partial charge in [-0.15, -0.1) is 0 Å². The summed E-state index contributed by atoms with van der Waals surface area (Å²) >= 11 is 0. The van der Waals surface area contributed by atoms with Crippen LogP contribution in [0.25, 0.3) is 0 Å². The molecule has 1 saturated heterocycles. The summed E-state index contributed by atoms with van der Waals surface area (Å²) in [6, 6.07) is 13.7. The van der Waals surface area contributed by atoms with Gasteiger partial charge in [0.1, 0.15) is 11.5 Å². The molecule has 1 aromatic carbocycles. The average Bonchev–Trinajstić information content (AvgIpc) is 3.24. The first-order valence-corrected chi connectivity index (χ1v) is 9.13. The van der Waals surface area contributed by atoms with Gasteiger partial charge in [0.15, 0.2) is 6.10 Å². The van der Waals surface area contributed by atoms with Gasteiger partial charge in [0.2, 0.25) is 0 Å². The van der Waals surface area contributed by atoms with Gasteiger partial charge in [0, 0.05) is 37.8 Å². The van der Waals surface area contributed by atoms with Crippen molar-refractivity contribution in [1.29, 1.82) is 0 Å². The van der Waals surface area contributed by atoms with Crippen LogP contribution in [0.2, 0.25) is 0 Å². The van der Waals surface area contributed by atoms with Gasteiger partial charge in [-0.05, 0) is 11.6 Å². The van der Waals surface area contributed by atoms with Gasteiger partial charge in [-0.3, -0.25) is 4.79 Å². The third-order valence-corrected chi connectivity index (χ3v) is 4.72. The minimum atomic E-state index is -0.204. The van der Waals surface area contributed by atoms with E-state index in [1.54, 1.807) is 6.20 Å². The molecule has 0 saturated carbocycles. The molecule has 7 heteroatoms. The molecular weight excluding hydrogens is 344 g/mol. The van der Waals surface area contributed by atoms with Gasteiger partial charge in [-0.1, -0.05) is 41.6 Å². The second kappa shape index (κ2) is 8.18. The van der Waals surface area contributed by atoms with Crippen LogP contribution in [-0.2, 0) is 20.9 Å². The van der Waals surface area contributed by atoms with Crippen LogP contribution in [0.15, 0.2) is 53.8 Å². The van der Waals surface area contributed by atoms with Crippen LogP contribution < -0.4 is 10.2 Å². The number of oxime groups is 1. The van der Waals surface area contributed by atoms with Crippen molar-refractivity contribution in [3.8, 4) is 0 Å². The molecule has 4 rings (SSSR count). The molecule has 3 heterocycles. The van der Waals surface area contributed by atoms with E-state index >= 15 is 0 Å². The number of hydrogen-bond donors (Lipinski definition) is 1. The van der Waals surface area contributed by atoms with Crippen molar-refractivity contribution in [3.63, 3.8) is 0 Å². The maximum absolute atomic E-state index is 12.5. The Morgan fingerprint density at radius 2 is 1.96 bits per heavy atom. The Hall–Kier alpha value is -2.93. The van der Waals surface area contributed by atoms with Crippen LogP contribution in [-0.4, -0.2) is 42.9 Å². The fraction of sp³-hybridized carbons (Fsp3) is 0.350. The fourth-order valence-electron chi connectivity index (χ4n) is 3.26. The minimum Gasteiger partial charge on any atom is -0.387 e. The Labute approximate surface area is 158 Å². The van der Waals surface area contributed by atoms with E-state index in [0.717, 1.165) is 30.0 Å². The number of nitrogens with zero attached hydrogens (tertiary/aromatic N) is 3. The summed E-state index contributed by atoms with van der Waals surface area (Å²) in [4.78, 5) is 24.6. The highest BCUT2D eigenvalue weighted by atomic mass is 16.6. The van der Waals surface area contributed by atoms with E-state index in [-0.39, 0.29) is 12.0 Å². The van der Waals surface area contributed by atoms with Crippen molar-refractivity contribution < 1.29 is 14.4 Å². The number of amides is 1. The van der Waals surface area contributed by atoms with Crippen LogP contribution in [0.1, 0.15) is 23.7 Å². The fourth-order valence-corrected chi connectivity index (χ4v) is 3.26. The third-order valence-electron chi connectivity index (χ3n) is 4.72. The molecule has 1 amide bonds. The number of aromatic nitrogens is 1. The van der Waals surface area contributed by atoms with E-state index < -0.39 is 0 Å². The molecule has 140 valence electrons. The number of ether oxygens (including phenoxy) is 1. The number of morpholine rings is 1. The van der Waals surface area contributed by atoms with Crippen molar-refractivity contribution in [2.24, 2.45) is 5.16 Å². The molecule has 2 aromatic rings. The summed E-state index contributed by atoms with van der Waals surface area (Å²) in [5, 5.41) is 6.92. The van der Waals surface area contributed by atoms with E-state index in [0.29, 0.717) is 31.9 Å². The molecule has 1 unspecified atom stereocenters. The highest BCUT2D eigenvalue weighted by molar-refractivity contribution is 6.39. The largest absolute Gasteiger partial charge is 0.387 e. The summed E-state index contributed by atoms with van der Waals surface area (Å²) in [5.41, 5.74) is 2.42. The highest BCUT2D eigenvalue weighted by Crippen LogP contribution is 2.27. The van der Waals surface area contributed by atoms with E-state index in [1.165, 1.54) is 0 Å². The SMILES string of the molecule is O=C(NCc1cccnc1N1CCOCC1)C1=NOC(c2ccccc2)C1. The van der Waals surface area contributed by atoms with Crippen LogP contribution in [0.3, 0.4) is 0 Å². The number of nitrogens with one attached hydrogen (secondary N) is 1. The number of benzene rings is 1. The zero-order valence-electron chi connectivity index (χ0n) is 15.0. The lowest BCUT2D eigenvalue weighted by atomic mass is 10.0. The highest BCUT2D eigenvalue weighted by Gasteiger charge is 2.27. The smallest absolute Gasteiger partial charge is 0.269 e. The van der Waals surface area contributed by atoms with Gasteiger partial charge >= 0.3 is 0 Å². The van der Waals surface area contributed by atoms with Crippen molar-refractivity contribution in [2.75, 3.05) is 31.2 Å². The molecule has 0 bridgehead atoms.